The number of hydrogen-bond donors (Lipinski definition) is 1. The van der Waals surface area contributed by atoms with Crippen molar-refractivity contribution in [3.63, 3.8) is 0 Å². The first-order valence-corrected chi connectivity index (χ1v) is 9.34. The van der Waals surface area contributed by atoms with Crippen molar-refractivity contribution in [2.45, 2.75) is 6.54 Å². The highest BCUT2D eigenvalue weighted by Gasteiger charge is 2.19. The monoisotopic (exact) mass is 404 g/mol. The van der Waals surface area contributed by atoms with Crippen LogP contribution in [0.2, 0.25) is 0 Å². The molecule has 7 nitrogen and oxygen atoms in total. The molecule has 5 rings (SSSR count). The number of carbonyl (C=O) groups excluding carboxylic acids is 1. The van der Waals surface area contributed by atoms with Crippen molar-refractivity contribution in [2.75, 3.05) is 6.79 Å². The molecule has 0 saturated carbocycles. The molecule has 2 aromatic carbocycles. The number of amides is 1. The second kappa shape index (κ2) is 7.14. The van der Waals surface area contributed by atoms with Gasteiger partial charge in [0.15, 0.2) is 17.1 Å². The van der Waals surface area contributed by atoms with E-state index in [1.165, 1.54) is 6.07 Å². The molecule has 2 aromatic heterocycles. The van der Waals surface area contributed by atoms with Gasteiger partial charge >= 0.3 is 0 Å². The van der Waals surface area contributed by atoms with Gasteiger partial charge in [0.2, 0.25) is 6.79 Å². The van der Waals surface area contributed by atoms with Crippen LogP contribution >= 0.6 is 0 Å². The van der Waals surface area contributed by atoms with E-state index in [0.717, 1.165) is 5.56 Å². The number of aromatic nitrogens is 3. The van der Waals surface area contributed by atoms with Crippen molar-refractivity contribution in [3.8, 4) is 22.8 Å². The maximum absolute atomic E-state index is 14.3. The molecule has 0 bridgehead atoms. The first-order chi connectivity index (χ1) is 14.6. The van der Waals surface area contributed by atoms with Gasteiger partial charge in [-0.25, -0.2) is 9.37 Å². The minimum absolute atomic E-state index is 0.194. The Morgan fingerprint density at radius 2 is 2.00 bits per heavy atom. The third-order valence-corrected chi connectivity index (χ3v) is 4.99. The lowest BCUT2D eigenvalue weighted by Gasteiger charge is -2.10. The molecule has 0 aliphatic carbocycles. The van der Waals surface area contributed by atoms with Crippen LogP contribution in [-0.4, -0.2) is 27.5 Å². The smallest absolute Gasteiger partial charge is 0.252 e. The average molecular weight is 404 g/mol. The summed E-state index contributed by atoms with van der Waals surface area (Å²) in [6.45, 7) is 0.495. The number of rotatable bonds is 4. The summed E-state index contributed by atoms with van der Waals surface area (Å²) in [4.78, 5) is 17.5. The van der Waals surface area contributed by atoms with E-state index < -0.39 is 5.82 Å². The second-order valence-electron chi connectivity index (χ2n) is 6.91. The van der Waals surface area contributed by atoms with Crippen molar-refractivity contribution < 1.29 is 18.7 Å². The van der Waals surface area contributed by atoms with Gasteiger partial charge in [0.05, 0.1) is 22.8 Å². The highest BCUT2D eigenvalue weighted by Crippen LogP contribution is 2.32. The quantitative estimate of drug-likeness (QED) is 0.564. The topological polar surface area (TPSA) is 78.3 Å². The molecule has 1 aliphatic rings. The minimum atomic E-state index is -0.404. The third-order valence-electron chi connectivity index (χ3n) is 4.99. The molecule has 0 radical (unpaired) electrons. The molecule has 1 N–H and O–H groups in total. The molecule has 1 amide bonds. The Kier molecular flexibility index (Phi) is 4.31. The Morgan fingerprint density at radius 1 is 1.17 bits per heavy atom. The maximum atomic E-state index is 14.3. The van der Waals surface area contributed by atoms with E-state index in [2.05, 4.69) is 15.4 Å². The second-order valence-corrected chi connectivity index (χ2v) is 6.91. The number of benzene rings is 2. The Balaban J connectivity index is 1.48. The lowest BCUT2D eigenvalue weighted by atomic mass is 10.1. The maximum Gasteiger partial charge on any atom is 0.252 e. The largest absolute Gasteiger partial charge is 0.454 e. The zero-order valence-corrected chi connectivity index (χ0v) is 16.1. The first-order valence-electron chi connectivity index (χ1n) is 9.34. The van der Waals surface area contributed by atoms with E-state index in [-0.39, 0.29) is 12.7 Å². The molecule has 0 spiro atoms. The Morgan fingerprint density at radius 3 is 2.87 bits per heavy atom. The Labute approximate surface area is 171 Å². The number of aryl methyl sites for hydroxylation is 1. The van der Waals surface area contributed by atoms with Gasteiger partial charge < -0.3 is 14.8 Å². The minimum Gasteiger partial charge on any atom is -0.454 e. The van der Waals surface area contributed by atoms with Crippen molar-refractivity contribution in [3.05, 3.63) is 71.7 Å². The van der Waals surface area contributed by atoms with Crippen LogP contribution in [-0.2, 0) is 13.6 Å². The number of fused-ring (bicyclic) bond motifs is 2. The van der Waals surface area contributed by atoms with Crippen LogP contribution in [0.3, 0.4) is 0 Å². The molecular weight excluding hydrogens is 387 g/mol. The van der Waals surface area contributed by atoms with E-state index in [1.807, 2.05) is 18.2 Å². The number of pyridine rings is 1. The highest BCUT2D eigenvalue weighted by atomic mass is 19.1. The zero-order chi connectivity index (χ0) is 20.7. The molecule has 1 aliphatic heterocycles. The van der Waals surface area contributed by atoms with Crippen molar-refractivity contribution in [1.82, 2.24) is 20.1 Å². The van der Waals surface area contributed by atoms with Crippen LogP contribution in [0.1, 0.15) is 15.9 Å². The zero-order valence-electron chi connectivity index (χ0n) is 16.1. The molecule has 0 saturated heterocycles. The Hall–Kier alpha value is -3.94. The van der Waals surface area contributed by atoms with Gasteiger partial charge in [-0.1, -0.05) is 18.2 Å². The van der Waals surface area contributed by atoms with Gasteiger partial charge in [-0.2, -0.15) is 5.10 Å². The molecule has 0 unspecified atom stereocenters. The van der Waals surface area contributed by atoms with Gasteiger partial charge in [0.25, 0.3) is 5.91 Å². The fraction of sp³-hybridized carbons (Fsp3) is 0.136. The predicted octanol–water partition coefficient (Wildman–Crippen LogP) is 3.43. The van der Waals surface area contributed by atoms with Crippen molar-refractivity contribution in [2.24, 2.45) is 7.05 Å². The standard InChI is InChI=1S/C22H17FN4O3/c1-27-21-16(11-25-27)15(9-18(26-21)14-4-2-3-5-17(14)23)22(28)24-10-13-6-7-19-20(8-13)30-12-29-19/h2-9,11H,10,12H2,1H3,(H,24,28). The number of ether oxygens (including phenoxy) is 2. The van der Waals surface area contributed by atoms with Crippen LogP contribution in [0.25, 0.3) is 22.3 Å². The highest BCUT2D eigenvalue weighted by molar-refractivity contribution is 6.06. The number of carbonyl (C=O) groups is 1. The SMILES string of the molecule is Cn1ncc2c(C(=O)NCc3ccc4c(c3)OCO4)cc(-c3ccccc3F)nc21. The summed E-state index contributed by atoms with van der Waals surface area (Å²) in [5, 5.41) is 7.71. The van der Waals surface area contributed by atoms with Gasteiger partial charge in [-0.15, -0.1) is 0 Å². The fourth-order valence-corrected chi connectivity index (χ4v) is 3.44. The third kappa shape index (κ3) is 3.12. The van der Waals surface area contributed by atoms with E-state index in [1.54, 1.807) is 42.2 Å². The normalized spacial score (nSPS) is 12.3. The molecule has 0 atom stereocenters. The van der Waals surface area contributed by atoms with E-state index in [0.29, 0.717) is 45.9 Å². The van der Waals surface area contributed by atoms with E-state index in [9.17, 15) is 9.18 Å². The lowest BCUT2D eigenvalue weighted by molar-refractivity contribution is 0.0952. The van der Waals surface area contributed by atoms with Crippen LogP contribution < -0.4 is 14.8 Å². The summed E-state index contributed by atoms with van der Waals surface area (Å²) in [5.41, 5.74) is 2.46. The lowest BCUT2D eigenvalue weighted by Crippen LogP contribution is -2.23. The summed E-state index contributed by atoms with van der Waals surface area (Å²) in [5.74, 6) is 0.636. The number of nitrogens with one attached hydrogen (secondary N) is 1. The van der Waals surface area contributed by atoms with Crippen LogP contribution in [0.15, 0.2) is 54.7 Å². The average Bonchev–Trinajstić information content (AvgIpc) is 3.38. The van der Waals surface area contributed by atoms with Gasteiger partial charge in [0.1, 0.15) is 5.82 Å². The first kappa shape index (κ1) is 18.1. The molecule has 3 heterocycles. The van der Waals surface area contributed by atoms with Gasteiger partial charge in [-0.3, -0.25) is 9.48 Å². The number of hydrogen-bond acceptors (Lipinski definition) is 5. The summed E-state index contributed by atoms with van der Waals surface area (Å²) in [6.07, 6.45) is 1.59. The number of halogens is 1. The molecular formula is C22H17FN4O3. The molecule has 30 heavy (non-hydrogen) atoms. The van der Waals surface area contributed by atoms with Crippen LogP contribution in [0, 0.1) is 5.82 Å². The fourth-order valence-electron chi connectivity index (χ4n) is 3.44. The van der Waals surface area contributed by atoms with Crippen molar-refractivity contribution in [1.29, 1.82) is 0 Å². The molecule has 4 aromatic rings. The van der Waals surface area contributed by atoms with Gasteiger partial charge in [0, 0.05) is 19.2 Å². The van der Waals surface area contributed by atoms with Crippen molar-refractivity contribution >= 4 is 16.9 Å². The Bertz CT molecular complexity index is 1280. The summed E-state index contributed by atoms with van der Waals surface area (Å²) >= 11 is 0. The predicted molar refractivity (Wildman–Crippen MR) is 108 cm³/mol. The van der Waals surface area contributed by atoms with Crippen LogP contribution in [0.5, 0.6) is 11.5 Å². The van der Waals surface area contributed by atoms with Crippen LogP contribution in [0.4, 0.5) is 4.39 Å². The van der Waals surface area contributed by atoms with E-state index in [4.69, 9.17) is 9.47 Å². The molecule has 150 valence electrons. The number of nitrogens with zero attached hydrogens (tertiary/aromatic N) is 3. The van der Waals surface area contributed by atoms with Gasteiger partial charge in [-0.05, 0) is 35.9 Å². The summed E-state index contributed by atoms with van der Waals surface area (Å²) in [7, 11) is 1.73. The summed E-state index contributed by atoms with van der Waals surface area (Å²) in [6, 6.07) is 13.4. The summed E-state index contributed by atoms with van der Waals surface area (Å²) < 4.78 is 26.6. The molecule has 0 fully saturated rings. The molecule has 8 heteroatoms. The van der Waals surface area contributed by atoms with E-state index >= 15 is 0 Å².